The maximum atomic E-state index is 13.0. The summed E-state index contributed by atoms with van der Waals surface area (Å²) in [5.74, 6) is 0.978. The van der Waals surface area contributed by atoms with Crippen LogP contribution in [0.3, 0.4) is 0 Å². The van der Waals surface area contributed by atoms with Crippen LogP contribution in [0, 0.1) is 5.82 Å². The molecule has 18 heavy (non-hydrogen) atoms. The number of hydrogen-bond acceptors (Lipinski definition) is 3. The topological polar surface area (TPSA) is 29.3 Å². The Hall–Kier alpha value is -0.580. The van der Waals surface area contributed by atoms with E-state index in [0.29, 0.717) is 11.8 Å². The third-order valence-corrected chi connectivity index (χ3v) is 4.92. The van der Waals surface area contributed by atoms with Crippen molar-refractivity contribution in [1.29, 1.82) is 0 Å². The molecule has 1 aromatic carbocycles. The summed E-state index contributed by atoms with van der Waals surface area (Å²) in [6.45, 7) is 4.98. The first-order chi connectivity index (χ1) is 8.74. The monoisotopic (exact) mass is 268 g/mol. The van der Waals surface area contributed by atoms with Crippen molar-refractivity contribution in [2.24, 2.45) is 5.73 Å². The molecule has 0 aliphatic carbocycles. The van der Waals surface area contributed by atoms with Gasteiger partial charge in [-0.1, -0.05) is 19.1 Å². The summed E-state index contributed by atoms with van der Waals surface area (Å²) >= 11 is 2.05. The number of rotatable bonds is 4. The Morgan fingerprint density at radius 3 is 2.78 bits per heavy atom. The van der Waals surface area contributed by atoms with Crippen LogP contribution in [0.4, 0.5) is 4.39 Å². The minimum Gasteiger partial charge on any atom is -0.329 e. The second kappa shape index (κ2) is 6.55. The zero-order chi connectivity index (χ0) is 13.0. The SMILES string of the molecule is CCC1CN(C(CN)c2ccc(F)cc2)CCS1. The first-order valence-corrected chi connectivity index (χ1v) is 7.60. The predicted molar refractivity (Wildman–Crippen MR) is 76.3 cm³/mol. The third kappa shape index (κ3) is 3.25. The standard InChI is InChI=1S/C14H21FN2S/c1-2-13-10-17(7-8-18-13)14(9-16)11-3-5-12(15)6-4-11/h3-6,13-14H,2,7-10,16H2,1H3. The van der Waals surface area contributed by atoms with Gasteiger partial charge in [-0.15, -0.1) is 0 Å². The van der Waals surface area contributed by atoms with Crippen LogP contribution < -0.4 is 5.73 Å². The summed E-state index contributed by atoms with van der Waals surface area (Å²) in [5, 5.41) is 0.702. The van der Waals surface area contributed by atoms with Crippen LogP contribution in [-0.2, 0) is 0 Å². The Morgan fingerprint density at radius 1 is 1.44 bits per heavy atom. The molecular weight excluding hydrogens is 247 g/mol. The van der Waals surface area contributed by atoms with Gasteiger partial charge in [0, 0.05) is 36.7 Å². The number of nitrogens with zero attached hydrogens (tertiary/aromatic N) is 1. The number of benzene rings is 1. The van der Waals surface area contributed by atoms with E-state index < -0.39 is 0 Å². The smallest absolute Gasteiger partial charge is 0.123 e. The fraction of sp³-hybridized carbons (Fsp3) is 0.571. The zero-order valence-electron chi connectivity index (χ0n) is 10.8. The number of hydrogen-bond donors (Lipinski definition) is 1. The molecule has 0 radical (unpaired) electrons. The molecule has 1 aliphatic heterocycles. The summed E-state index contributed by atoms with van der Waals surface area (Å²) in [7, 11) is 0. The van der Waals surface area contributed by atoms with Gasteiger partial charge in [0.2, 0.25) is 0 Å². The molecule has 1 fully saturated rings. The molecule has 1 aromatic rings. The van der Waals surface area contributed by atoms with Crippen LogP contribution in [0.5, 0.6) is 0 Å². The van der Waals surface area contributed by atoms with Gasteiger partial charge < -0.3 is 5.73 Å². The van der Waals surface area contributed by atoms with Crippen LogP contribution >= 0.6 is 11.8 Å². The summed E-state index contributed by atoms with van der Waals surface area (Å²) in [5.41, 5.74) is 7.04. The molecule has 2 unspecified atom stereocenters. The fourth-order valence-corrected chi connectivity index (χ4v) is 3.66. The molecule has 2 N–H and O–H groups in total. The molecule has 1 heterocycles. The van der Waals surface area contributed by atoms with Gasteiger partial charge in [0.15, 0.2) is 0 Å². The lowest BCUT2D eigenvalue weighted by molar-refractivity contribution is 0.207. The maximum Gasteiger partial charge on any atom is 0.123 e. The molecule has 2 atom stereocenters. The number of halogens is 1. The second-order valence-corrected chi connectivity index (χ2v) is 6.11. The van der Waals surface area contributed by atoms with E-state index in [1.54, 1.807) is 0 Å². The van der Waals surface area contributed by atoms with Crippen molar-refractivity contribution in [3.05, 3.63) is 35.6 Å². The normalized spacial score (nSPS) is 22.9. The van der Waals surface area contributed by atoms with Crippen LogP contribution in [0.2, 0.25) is 0 Å². The molecule has 0 saturated carbocycles. The van der Waals surface area contributed by atoms with Gasteiger partial charge in [0.25, 0.3) is 0 Å². The summed E-state index contributed by atoms with van der Waals surface area (Å²) in [6.07, 6.45) is 1.20. The van der Waals surface area contributed by atoms with Crippen molar-refractivity contribution in [3.63, 3.8) is 0 Å². The highest BCUT2D eigenvalue weighted by atomic mass is 32.2. The van der Waals surface area contributed by atoms with Gasteiger partial charge in [-0.3, -0.25) is 4.90 Å². The van der Waals surface area contributed by atoms with Crippen molar-refractivity contribution < 1.29 is 4.39 Å². The highest BCUT2D eigenvalue weighted by molar-refractivity contribution is 8.00. The van der Waals surface area contributed by atoms with Crippen molar-refractivity contribution in [3.8, 4) is 0 Å². The largest absolute Gasteiger partial charge is 0.329 e. The average Bonchev–Trinajstić information content (AvgIpc) is 2.42. The minimum atomic E-state index is -0.185. The van der Waals surface area contributed by atoms with Crippen molar-refractivity contribution >= 4 is 11.8 Å². The van der Waals surface area contributed by atoms with E-state index in [0.717, 1.165) is 24.4 Å². The molecule has 2 nitrogen and oxygen atoms in total. The van der Waals surface area contributed by atoms with Gasteiger partial charge in [0.1, 0.15) is 5.82 Å². The van der Waals surface area contributed by atoms with E-state index in [1.807, 2.05) is 23.9 Å². The minimum absolute atomic E-state index is 0.185. The highest BCUT2D eigenvalue weighted by Crippen LogP contribution is 2.28. The molecule has 1 saturated heterocycles. The van der Waals surface area contributed by atoms with E-state index in [-0.39, 0.29) is 11.9 Å². The molecule has 100 valence electrons. The molecule has 0 aromatic heterocycles. The van der Waals surface area contributed by atoms with Crippen molar-refractivity contribution in [2.45, 2.75) is 24.6 Å². The lowest BCUT2D eigenvalue weighted by Gasteiger charge is -2.37. The highest BCUT2D eigenvalue weighted by Gasteiger charge is 2.25. The Labute approximate surface area is 113 Å². The second-order valence-electron chi connectivity index (χ2n) is 4.70. The van der Waals surface area contributed by atoms with Gasteiger partial charge in [0.05, 0.1) is 0 Å². The molecule has 1 aliphatic rings. The Bertz CT molecular complexity index is 369. The van der Waals surface area contributed by atoms with E-state index >= 15 is 0 Å². The van der Waals surface area contributed by atoms with Crippen LogP contribution in [0.25, 0.3) is 0 Å². The maximum absolute atomic E-state index is 13.0. The lowest BCUT2D eigenvalue weighted by atomic mass is 10.0. The molecule has 2 rings (SSSR count). The molecular formula is C14H21FN2S. The predicted octanol–water partition coefficient (Wildman–Crippen LogP) is 2.65. The quantitative estimate of drug-likeness (QED) is 0.910. The van der Waals surface area contributed by atoms with Crippen molar-refractivity contribution in [1.82, 2.24) is 4.90 Å². The number of thioether (sulfide) groups is 1. The summed E-state index contributed by atoms with van der Waals surface area (Å²) in [4.78, 5) is 2.44. The van der Waals surface area contributed by atoms with Gasteiger partial charge >= 0.3 is 0 Å². The Kier molecular flexibility index (Phi) is 5.03. The Morgan fingerprint density at radius 2 is 2.17 bits per heavy atom. The first kappa shape index (κ1) is 13.8. The first-order valence-electron chi connectivity index (χ1n) is 6.55. The van der Waals surface area contributed by atoms with E-state index in [2.05, 4.69) is 11.8 Å². The van der Waals surface area contributed by atoms with Crippen molar-refractivity contribution in [2.75, 3.05) is 25.4 Å². The molecule has 0 spiro atoms. The van der Waals surface area contributed by atoms with Gasteiger partial charge in [-0.2, -0.15) is 11.8 Å². The van der Waals surface area contributed by atoms with Gasteiger partial charge in [-0.25, -0.2) is 4.39 Å². The average molecular weight is 268 g/mol. The van der Waals surface area contributed by atoms with E-state index in [1.165, 1.54) is 18.6 Å². The zero-order valence-corrected chi connectivity index (χ0v) is 11.6. The van der Waals surface area contributed by atoms with Crippen LogP contribution in [-0.4, -0.2) is 35.5 Å². The number of nitrogens with two attached hydrogens (primary N) is 1. The van der Waals surface area contributed by atoms with Crippen LogP contribution in [0.15, 0.2) is 24.3 Å². The van der Waals surface area contributed by atoms with Crippen LogP contribution in [0.1, 0.15) is 24.9 Å². The fourth-order valence-electron chi connectivity index (χ4n) is 2.45. The van der Waals surface area contributed by atoms with Gasteiger partial charge in [-0.05, 0) is 24.1 Å². The summed E-state index contributed by atoms with van der Waals surface area (Å²) < 4.78 is 13.0. The Balaban J connectivity index is 2.10. The third-order valence-electron chi connectivity index (χ3n) is 3.54. The lowest BCUT2D eigenvalue weighted by Crippen LogP contribution is -2.42. The summed E-state index contributed by atoms with van der Waals surface area (Å²) in [6, 6.07) is 6.98. The van der Waals surface area contributed by atoms with E-state index in [9.17, 15) is 4.39 Å². The molecule has 0 bridgehead atoms. The molecule has 0 amide bonds. The molecule has 4 heteroatoms. The van der Waals surface area contributed by atoms with E-state index in [4.69, 9.17) is 5.73 Å².